The van der Waals surface area contributed by atoms with Gasteiger partial charge in [0.25, 0.3) is 0 Å². The third-order valence-electron chi connectivity index (χ3n) is 5.27. The fraction of sp³-hybridized carbons (Fsp3) is 0.867. The number of nitriles is 1. The zero-order valence-electron chi connectivity index (χ0n) is 11.5. The van der Waals surface area contributed by atoms with Crippen LogP contribution in [0.2, 0.25) is 0 Å². The van der Waals surface area contributed by atoms with E-state index in [0.29, 0.717) is 12.5 Å². The molecule has 0 aliphatic heterocycles. The van der Waals surface area contributed by atoms with E-state index in [1.165, 1.54) is 32.1 Å². The monoisotopic (exact) mass is 245 g/mol. The van der Waals surface area contributed by atoms with Crippen molar-refractivity contribution in [1.82, 2.24) is 5.01 Å². The molecule has 0 heterocycles. The fourth-order valence-electron chi connectivity index (χ4n) is 4.99. The van der Waals surface area contributed by atoms with Crippen LogP contribution in [0.1, 0.15) is 45.4 Å². The summed E-state index contributed by atoms with van der Waals surface area (Å²) in [6.07, 6.45) is 7.66. The van der Waals surface area contributed by atoms with E-state index in [1.54, 1.807) is 0 Å². The molecule has 98 valence electrons. The van der Waals surface area contributed by atoms with Crippen LogP contribution < -0.4 is 0 Å². The minimum atomic E-state index is 0.456. The quantitative estimate of drug-likeness (QED) is 0.566. The van der Waals surface area contributed by atoms with E-state index in [1.807, 2.05) is 6.92 Å². The molecule has 0 N–H and O–H groups in total. The Morgan fingerprint density at radius 2 is 1.72 bits per heavy atom. The Bertz CT molecular complexity index is 365. The minimum Gasteiger partial charge on any atom is -0.297 e. The molecule has 4 saturated carbocycles. The highest BCUT2D eigenvalue weighted by atomic mass is 15.5. The second-order valence-corrected chi connectivity index (χ2v) is 6.67. The van der Waals surface area contributed by atoms with Crippen LogP contribution >= 0.6 is 0 Å². The Kier molecular flexibility index (Phi) is 3.05. The molecule has 0 spiro atoms. The maximum atomic E-state index is 8.71. The van der Waals surface area contributed by atoms with Crippen LogP contribution in [0.25, 0.3) is 0 Å². The average molecular weight is 245 g/mol. The molecule has 0 aromatic carbocycles. The summed E-state index contributed by atoms with van der Waals surface area (Å²) in [5.41, 5.74) is 0.953. The largest absolute Gasteiger partial charge is 0.297 e. The zero-order chi connectivity index (χ0) is 12.7. The van der Waals surface area contributed by atoms with Crippen LogP contribution in [-0.4, -0.2) is 23.8 Å². The van der Waals surface area contributed by atoms with E-state index in [4.69, 9.17) is 5.26 Å². The van der Waals surface area contributed by atoms with Gasteiger partial charge in [0.15, 0.2) is 0 Å². The van der Waals surface area contributed by atoms with Gasteiger partial charge in [0.1, 0.15) is 0 Å². The number of hydrogen-bond donors (Lipinski definition) is 0. The van der Waals surface area contributed by atoms with Gasteiger partial charge < -0.3 is 0 Å². The molecule has 3 heteroatoms. The first-order valence-electron chi connectivity index (χ1n) is 7.31. The average Bonchev–Trinajstić information content (AvgIpc) is 2.27. The minimum absolute atomic E-state index is 0.456. The van der Waals surface area contributed by atoms with Gasteiger partial charge in [0, 0.05) is 12.8 Å². The van der Waals surface area contributed by atoms with Gasteiger partial charge in [-0.2, -0.15) is 10.4 Å². The summed E-state index contributed by atoms with van der Waals surface area (Å²) < 4.78 is 0. The van der Waals surface area contributed by atoms with E-state index in [2.05, 4.69) is 23.2 Å². The summed E-state index contributed by atoms with van der Waals surface area (Å²) in [5, 5.41) is 15.5. The van der Waals surface area contributed by atoms with Crippen molar-refractivity contribution < 1.29 is 0 Å². The Morgan fingerprint density at radius 3 is 2.22 bits per heavy atom. The third-order valence-corrected chi connectivity index (χ3v) is 5.27. The molecule has 0 amide bonds. The molecule has 4 rings (SSSR count). The van der Waals surface area contributed by atoms with Gasteiger partial charge in [-0.05, 0) is 62.7 Å². The van der Waals surface area contributed by atoms with Crippen LogP contribution in [0.5, 0.6) is 0 Å². The maximum Gasteiger partial charge on any atom is 0.0750 e. The first-order valence-corrected chi connectivity index (χ1v) is 7.31. The van der Waals surface area contributed by atoms with Crippen LogP contribution in [0.3, 0.4) is 0 Å². The van der Waals surface area contributed by atoms with Gasteiger partial charge >= 0.3 is 0 Å². The number of hydrazone groups is 1. The highest BCUT2D eigenvalue weighted by Gasteiger charge is 2.49. The zero-order valence-corrected chi connectivity index (χ0v) is 11.5. The number of rotatable bonds is 3. The van der Waals surface area contributed by atoms with Crippen molar-refractivity contribution in [2.75, 3.05) is 7.05 Å². The second-order valence-electron chi connectivity index (χ2n) is 6.67. The molecular weight excluding hydrogens is 222 g/mol. The molecule has 0 radical (unpaired) electrons. The topological polar surface area (TPSA) is 39.4 Å². The lowest BCUT2D eigenvalue weighted by atomic mass is 9.54. The summed E-state index contributed by atoms with van der Waals surface area (Å²) in [4.78, 5) is 0. The van der Waals surface area contributed by atoms with Crippen molar-refractivity contribution in [2.24, 2.45) is 28.8 Å². The lowest BCUT2D eigenvalue weighted by Crippen LogP contribution is -2.53. The molecule has 4 fully saturated rings. The lowest BCUT2D eigenvalue weighted by Gasteiger charge is -2.56. The number of nitrogens with zero attached hydrogens (tertiary/aromatic N) is 3. The van der Waals surface area contributed by atoms with Gasteiger partial charge in [0.05, 0.1) is 18.5 Å². The first-order chi connectivity index (χ1) is 8.67. The molecule has 4 bridgehead atoms. The van der Waals surface area contributed by atoms with Gasteiger partial charge in [-0.25, -0.2) is 0 Å². The summed E-state index contributed by atoms with van der Waals surface area (Å²) in [5.74, 6) is 3.76. The van der Waals surface area contributed by atoms with E-state index in [9.17, 15) is 0 Å². The Balaban J connectivity index is 1.73. The fourth-order valence-corrected chi connectivity index (χ4v) is 4.99. The summed E-state index contributed by atoms with van der Waals surface area (Å²) in [6, 6.07) is 2.83. The van der Waals surface area contributed by atoms with Crippen molar-refractivity contribution in [2.45, 2.75) is 51.5 Å². The highest BCUT2D eigenvalue weighted by Crippen LogP contribution is 2.54. The van der Waals surface area contributed by atoms with Crippen molar-refractivity contribution in [1.29, 1.82) is 5.26 Å². The van der Waals surface area contributed by atoms with Crippen molar-refractivity contribution >= 4 is 5.71 Å². The van der Waals surface area contributed by atoms with E-state index in [0.717, 1.165) is 29.4 Å². The van der Waals surface area contributed by atoms with Gasteiger partial charge in [-0.3, -0.25) is 5.01 Å². The van der Waals surface area contributed by atoms with Crippen LogP contribution in [0, 0.1) is 35.0 Å². The van der Waals surface area contributed by atoms with Gasteiger partial charge in [0.2, 0.25) is 0 Å². The Hall–Kier alpha value is -1.04. The van der Waals surface area contributed by atoms with Crippen molar-refractivity contribution in [3.8, 4) is 6.07 Å². The summed E-state index contributed by atoms with van der Waals surface area (Å²) >= 11 is 0. The standard InChI is InChI=1S/C15H23N3/c1-10(3-4-16)17-18(2)15-13-6-11-5-12(8-13)9-14(15)7-11/h11-15H,3,5-9H2,1-2H3/b17-10+. The van der Waals surface area contributed by atoms with E-state index >= 15 is 0 Å². The molecule has 0 aromatic heterocycles. The molecule has 0 atom stereocenters. The SMILES string of the molecule is C/C(CC#N)=N\N(C)C1C2CC3CC(C2)CC1C3. The smallest absolute Gasteiger partial charge is 0.0750 e. The predicted molar refractivity (Wildman–Crippen MR) is 71.9 cm³/mol. The molecule has 0 unspecified atom stereocenters. The summed E-state index contributed by atoms with van der Waals surface area (Å²) in [6.45, 7) is 1.97. The van der Waals surface area contributed by atoms with Crippen molar-refractivity contribution in [3.63, 3.8) is 0 Å². The molecule has 4 aliphatic carbocycles. The first kappa shape index (κ1) is 12.0. The van der Waals surface area contributed by atoms with Crippen LogP contribution in [0.15, 0.2) is 5.10 Å². The highest BCUT2D eigenvalue weighted by molar-refractivity contribution is 5.83. The molecule has 4 aliphatic rings. The second kappa shape index (κ2) is 4.57. The molecule has 0 saturated heterocycles. The molecule has 3 nitrogen and oxygen atoms in total. The maximum absolute atomic E-state index is 8.71. The lowest BCUT2D eigenvalue weighted by molar-refractivity contribution is -0.0568. The van der Waals surface area contributed by atoms with Crippen molar-refractivity contribution in [3.05, 3.63) is 0 Å². The Labute approximate surface area is 110 Å². The Morgan fingerprint density at radius 1 is 1.17 bits per heavy atom. The molecular formula is C15H23N3. The third kappa shape index (κ3) is 2.02. The van der Waals surface area contributed by atoms with Gasteiger partial charge in [-0.1, -0.05) is 0 Å². The molecule has 18 heavy (non-hydrogen) atoms. The van der Waals surface area contributed by atoms with Crippen LogP contribution in [-0.2, 0) is 0 Å². The predicted octanol–water partition coefficient (Wildman–Crippen LogP) is 3.03. The van der Waals surface area contributed by atoms with Gasteiger partial charge in [-0.15, -0.1) is 0 Å². The van der Waals surface area contributed by atoms with Crippen LogP contribution in [0.4, 0.5) is 0 Å². The van der Waals surface area contributed by atoms with E-state index < -0.39 is 0 Å². The summed E-state index contributed by atoms with van der Waals surface area (Å²) in [7, 11) is 2.12. The number of hydrogen-bond acceptors (Lipinski definition) is 3. The normalized spacial score (nSPS) is 41.8. The van der Waals surface area contributed by atoms with E-state index in [-0.39, 0.29) is 0 Å². The molecule has 0 aromatic rings.